The van der Waals surface area contributed by atoms with Crippen molar-refractivity contribution >= 4 is 15.7 Å². The van der Waals surface area contributed by atoms with Crippen LogP contribution >= 0.6 is 0 Å². The van der Waals surface area contributed by atoms with E-state index in [9.17, 15) is 12.8 Å². The van der Waals surface area contributed by atoms with Crippen LogP contribution in [0.25, 0.3) is 0 Å². The average Bonchev–Trinajstić information content (AvgIpc) is 2.55. The van der Waals surface area contributed by atoms with Crippen LogP contribution in [0.4, 0.5) is 10.1 Å². The summed E-state index contributed by atoms with van der Waals surface area (Å²) in [5.41, 5.74) is 3.53. The van der Waals surface area contributed by atoms with E-state index in [1.807, 2.05) is 6.07 Å². The molecule has 1 aliphatic heterocycles. The van der Waals surface area contributed by atoms with E-state index in [1.165, 1.54) is 39.3 Å². The van der Waals surface area contributed by atoms with Gasteiger partial charge < -0.3 is 4.90 Å². The van der Waals surface area contributed by atoms with E-state index < -0.39 is 15.8 Å². The third-order valence-corrected chi connectivity index (χ3v) is 6.38. The molecular formula is C18H21FN2O2S. The van der Waals surface area contributed by atoms with Gasteiger partial charge >= 0.3 is 0 Å². The summed E-state index contributed by atoms with van der Waals surface area (Å²) in [5, 5.41) is 0. The molecule has 1 heterocycles. The van der Waals surface area contributed by atoms with Crippen molar-refractivity contribution in [1.82, 2.24) is 4.31 Å². The molecule has 0 atom stereocenters. The van der Waals surface area contributed by atoms with Crippen LogP contribution in [0.5, 0.6) is 0 Å². The molecule has 0 spiro atoms. The van der Waals surface area contributed by atoms with Gasteiger partial charge in [0.15, 0.2) is 0 Å². The number of para-hydroxylation sites is 1. The molecule has 1 saturated heterocycles. The summed E-state index contributed by atoms with van der Waals surface area (Å²) in [4.78, 5) is 1.96. The standard InChI is InChI=1S/C18H21FN2O2S/c1-14-6-5-7-15(2)18(14)20-10-12-21(13-11-20)24(22,23)17-9-4-3-8-16(17)19/h3-9H,10-13H2,1-2H3. The summed E-state index contributed by atoms with van der Waals surface area (Å²) in [7, 11) is -3.79. The van der Waals surface area contributed by atoms with Gasteiger partial charge in [0, 0.05) is 31.9 Å². The maximum atomic E-state index is 13.9. The normalized spacial score (nSPS) is 16.4. The molecule has 0 amide bonds. The summed E-state index contributed by atoms with van der Waals surface area (Å²) in [6.07, 6.45) is 0. The molecule has 2 aromatic carbocycles. The van der Waals surface area contributed by atoms with Gasteiger partial charge in [-0.25, -0.2) is 12.8 Å². The number of piperazine rings is 1. The summed E-state index contributed by atoms with van der Waals surface area (Å²) in [6.45, 7) is 6.02. The van der Waals surface area contributed by atoms with Gasteiger partial charge in [0.25, 0.3) is 0 Å². The average molecular weight is 348 g/mol. The molecular weight excluding hydrogens is 327 g/mol. The van der Waals surface area contributed by atoms with Crippen molar-refractivity contribution in [1.29, 1.82) is 0 Å². The van der Waals surface area contributed by atoms with Gasteiger partial charge in [0.05, 0.1) is 0 Å². The zero-order valence-corrected chi connectivity index (χ0v) is 14.7. The van der Waals surface area contributed by atoms with Gasteiger partial charge in [-0.2, -0.15) is 4.31 Å². The Hall–Kier alpha value is -1.92. The molecule has 128 valence electrons. The summed E-state index contributed by atoms with van der Waals surface area (Å²) in [5.74, 6) is -0.699. The molecule has 0 radical (unpaired) electrons. The SMILES string of the molecule is Cc1cccc(C)c1N1CCN(S(=O)(=O)c2ccccc2F)CC1. The zero-order chi connectivity index (χ0) is 17.3. The Kier molecular flexibility index (Phi) is 4.60. The topological polar surface area (TPSA) is 40.6 Å². The Bertz CT molecular complexity index is 824. The minimum atomic E-state index is -3.79. The van der Waals surface area contributed by atoms with Crippen molar-refractivity contribution in [3.63, 3.8) is 0 Å². The van der Waals surface area contributed by atoms with Crippen LogP contribution in [0.3, 0.4) is 0 Å². The van der Waals surface area contributed by atoms with Crippen molar-refractivity contribution in [3.05, 3.63) is 59.4 Å². The highest BCUT2D eigenvalue weighted by Gasteiger charge is 2.31. The molecule has 0 N–H and O–H groups in total. The van der Waals surface area contributed by atoms with Crippen molar-refractivity contribution in [2.75, 3.05) is 31.1 Å². The molecule has 3 rings (SSSR count). The maximum Gasteiger partial charge on any atom is 0.246 e. The largest absolute Gasteiger partial charge is 0.368 e. The molecule has 2 aromatic rings. The van der Waals surface area contributed by atoms with Crippen LogP contribution in [0.15, 0.2) is 47.4 Å². The minimum Gasteiger partial charge on any atom is -0.368 e. The number of aryl methyl sites for hydroxylation is 2. The Morgan fingerprint density at radius 1 is 0.875 bits per heavy atom. The lowest BCUT2D eigenvalue weighted by Crippen LogP contribution is -2.49. The number of anilines is 1. The molecule has 0 aliphatic carbocycles. The molecule has 1 fully saturated rings. The Morgan fingerprint density at radius 3 is 2.04 bits per heavy atom. The molecule has 0 aromatic heterocycles. The van der Waals surface area contributed by atoms with Gasteiger partial charge in [0.2, 0.25) is 10.0 Å². The number of hydrogen-bond donors (Lipinski definition) is 0. The Morgan fingerprint density at radius 2 is 1.46 bits per heavy atom. The van der Waals surface area contributed by atoms with Gasteiger partial charge in [-0.15, -0.1) is 0 Å². The number of sulfonamides is 1. The lowest BCUT2D eigenvalue weighted by molar-refractivity contribution is 0.382. The van der Waals surface area contributed by atoms with Crippen molar-refractivity contribution in [2.24, 2.45) is 0 Å². The van der Waals surface area contributed by atoms with Crippen LogP contribution in [-0.4, -0.2) is 38.9 Å². The van der Waals surface area contributed by atoms with E-state index in [-0.39, 0.29) is 4.90 Å². The first-order valence-electron chi connectivity index (χ1n) is 7.97. The predicted molar refractivity (Wildman–Crippen MR) is 93.3 cm³/mol. The molecule has 0 unspecified atom stereocenters. The first kappa shape index (κ1) is 16.9. The van der Waals surface area contributed by atoms with Gasteiger partial charge in [-0.1, -0.05) is 30.3 Å². The van der Waals surface area contributed by atoms with Crippen molar-refractivity contribution < 1.29 is 12.8 Å². The fraction of sp³-hybridized carbons (Fsp3) is 0.333. The van der Waals surface area contributed by atoms with E-state index in [2.05, 4.69) is 30.9 Å². The number of benzene rings is 2. The number of nitrogens with zero attached hydrogens (tertiary/aromatic N) is 2. The Balaban J connectivity index is 1.79. The van der Waals surface area contributed by atoms with Crippen LogP contribution in [0.1, 0.15) is 11.1 Å². The molecule has 4 nitrogen and oxygen atoms in total. The van der Waals surface area contributed by atoms with Crippen LogP contribution in [0.2, 0.25) is 0 Å². The van der Waals surface area contributed by atoms with E-state index in [0.29, 0.717) is 26.2 Å². The molecule has 0 saturated carbocycles. The highest BCUT2D eigenvalue weighted by Crippen LogP contribution is 2.27. The molecule has 6 heteroatoms. The summed E-state index contributed by atoms with van der Waals surface area (Å²) < 4.78 is 40.5. The third kappa shape index (κ3) is 3.03. The highest BCUT2D eigenvalue weighted by atomic mass is 32.2. The summed E-state index contributed by atoms with van der Waals surface area (Å²) in [6, 6.07) is 11.7. The molecule has 24 heavy (non-hydrogen) atoms. The van der Waals surface area contributed by atoms with Gasteiger partial charge in [-0.05, 0) is 37.1 Å². The smallest absolute Gasteiger partial charge is 0.246 e. The molecule has 0 bridgehead atoms. The number of rotatable bonds is 3. The van der Waals surface area contributed by atoms with E-state index in [4.69, 9.17) is 0 Å². The first-order chi connectivity index (χ1) is 11.4. The third-order valence-electron chi connectivity index (χ3n) is 4.45. The van der Waals surface area contributed by atoms with Crippen LogP contribution < -0.4 is 4.90 Å². The van der Waals surface area contributed by atoms with E-state index >= 15 is 0 Å². The maximum absolute atomic E-state index is 13.9. The predicted octanol–water partition coefficient (Wildman–Crippen LogP) is 2.95. The van der Waals surface area contributed by atoms with Crippen LogP contribution in [0, 0.1) is 19.7 Å². The quantitative estimate of drug-likeness (QED) is 0.856. The lowest BCUT2D eigenvalue weighted by atomic mass is 10.1. The minimum absolute atomic E-state index is 0.245. The highest BCUT2D eigenvalue weighted by molar-refractivity contribution is 7.89. The second-order valence-corrected chi connectivity index (χ2v) is 7.97. The monoisotopic (exact) mass is 348 g/mol. The lowest BCUT2D eigenvalue weighted by Gasteiger charge is -2.36. The van der Waals surface area contributed by atoms with E-state index in [0.717, 1.165) is 0 Å². The Labute approximate surface area is 142 Å². The fourth-order valence-corrected chi connectivity index (χ4v) is 4.74. The van der Waals surface area contributed by atoms with E-state index in [1.54, 1.807) is 6.07 Å². The van der Waals surface area contributed by atoms with Crippen molar-refractivity contribution in [3.8, 4) is 0 Å². The summed E-state index contributed by atoms with van der Waals surface area (Å²) >= 11 is 0. The number of hydrogen-bond acceptors (Lipinski definition) is 3. The number of halogens is 1. The fourth-order valence-electron chi connectivity index (χ4n) is 3.25. The van der Waals surface area contributed by atoms with Gasteiger partial charge in [-0.3, -0.25) is 0 Å². The van der Waals surface area contributed by atoms with Crippen molar-refractivity contribution in [2.45, 2.75) is 18.7 Å². The molecule has 1 aliphatic rings. The first-order valence-corrected chi connectivity index (χ1v) is 9.41. The van der Waals surface area contributed by atoms with Crippen LogP contribution in [-0.2, 0) is 10.0 Å². The van der Waals surface area contributed by atoms with Gasteiger partial charge in [0.1, 0.15) is 10.7 Å². The zero-order valence-electron chi connectivity index (χ0n) is 13.9. The second kappa shape index (κ2) is 6.53. The second-order valence-electron chi connectivity index (χ2n) is 6.06.